The molecule has 3 nitrogen and oxygen atoms in total. The molecule has 0 unspecified atom stereocenters. The molecule has 0 N–H and O–H groups in total. The summed E-state index contributed by atoms with van der Waals surface area (Å²) in [5, 5.41) is 7.11. The van der Waals surface area contributed by atoms with E-state index in [9.17, 15) is 0 Å². The summed E-state index contributed by atoms with van der Waals surface area (Å²) in [6.45, 7) is 0. The number of rotatable bonds is 3. The molecule has 0 saturated carbocycles. The van der Waals surface area contributed by atoms with Gasteiger partial charge in [0.25, 0.3) is 0 Å². The van der Waals surface area contributed by atoms with E-state index >= 15 is 0 Å². The van der Waals surface area contributed by atoms with Crippen molar-refractivity contribution in [3.05, 3.63) is 140 Å². The summed E-state index contributed by atoms with van der Waals surface area (Å²) in [6, 6.07) is 44.9. The molecule has 3 heterocycles. The second-order valence-corrected chi connectivity index (χ2v) is 10.2. The Labute approximate surface area is 231 Å². The molecule has 186 valence electrons. The van der Waals surface area contributed by atoms with Gasteiger partial charge in [-0.3, -0.25) is 4.98 Å². The maximum atomic E-state index is 5.12. The Kier molecular flexibility index (Phi) is 5.14. The standard InChI is InChI=1S/C37H23N3/c1-3-7-27-22-36-29(17-25(27)5-1)9-11-34(39-36)32-19-31(24-13-15-38-16-14-24)20-33(21-32)35-12-10-30-18-26-6-2-4-8-28(26)23-37(30)40-35/h1-23H. The summed E-state index contributed by atoms with van der Waals surface area (Å²) in [4.78, 5) is 14.5. The molecule has 8 aromatic rings. The van der Waals surface area contributed by atoms with Crippen molar-refractivity contribution in [2.45, 2.75) is 0 Å². The van der Waals surface area contributed by atoms with Crippen LogP contribution in [0.15, 0.2) is 140 Å². The Balaban J connectivity index is 1.31. The third-order valence-corrected chi connectivity index (χ3v) is 7.65. The number of pyridine rings is 3. The maximum Gasteiger partial charge on any atom is 0.0715 e. The zero-order chi connectivity index (χ0) is 26.5. The molecule has 0 fully saturated rings. The van der Waals surface area contributed by atoms with E-state index in [1.807, 2.05) is 24.5 Å². The average molecular weight is 510 g/mol. The Bertz CT molecular complexity index is 2080. The molecule has 0 bridgehead atoms. The molecule has 0 aliphatic heterocycles. The summed E-state index contributed by atoms with van der Waals surface area (Å²) in [5.41, 5.74) is 8.18. The minimum absolute atomic E-state index is 0.937. The van der Waals surface area contributed by atoms with E-state index in [2.05, 4.69) is 120 Å². The second-order valence-electron chi connectivity index (χ2n) is 10.2. The lowest BCUT2D eigenvalue weighted by Crippen LogP contribution is -1.91. The first-order chi connectivity index (χ1) is 19.8. The van der Waals surface area contributed by atoms with Crippen LogP contribution in [0.1, 0.15) is 0 Å². The predicted octanol–water partition coefficient (Wildman–Crippen LogP) is 9.49. The number of nitrogens with zero attached hydrogens (tertiary/aromatic N) is 3. The molecule has 3 heteroatoms. The van der Waals surface area contributed by atoms with Crippen LogP contribution in [0.25, 0.3) is 77.0 Å². The summed E-state index contributed by atoms with van der Waals surface area (Å²) in [5.74, 6) is 0. The molecule has 0 aliphatic carbocycles. The predicted molar refractivity (Wildman–Crippen MR) is 166 cm³/mol. The summed E-state index contributed by atoms with van der Waals surface area (Å²) in [6.07, 6.45) is 3.67. The highest BCUT2D eigenvalue weighted by Crippen LogP contribution is 2.34. The quantitative estimate of drug-likeness (QED) is 0.223. The van der Waals surface area contributed by atoms with Crippen molar-refractivity contribution < 1.29 is 0 Å². The molecular formula is C37H23N3. The van der Waals surface area contributed by atoms with Gasteiger partial charge in [0, 0.05) is 34.3 Å². The zero-order valence-electron chi connectivity index (χ0n) is 21.6. The van der Waals surface area contributed by atoms with E-state index in [0.717, 1.165) is 55.4 Å². The zero-order valence-corrected chi connectivity index (χ0v) is 21.6. The molecule has 0 amide bonds. The summed E-state index contributed by atoms with van der Waals surface area (Å²) < 4.78 is 0. The Morgan fingerprint density at radius 2 is 0.775 bits per heavy atom. The second kappa shape index (κ2) is 9.11. The molecule has 0 saturated heterocycles. The lowest BCUT2D eigenvalue weighted by molar-refractivity contribution is 1.33. The van der Waals surface area contributed by atoms with E-state index in [-0.39, 0.29) is 0 Å². The smallest absolute Gasteiger partial charge is 0.0715 e. The van der Waals surface area contributed by atoms with Crippen LogP contribution in [0.5, 0.6) is 0 Å². The molecule has 3 aromatic heterocycles. The van der Waals surface area contributed by atoms with E-state index in [0.29, 0.717) is 0 Å². The van der Waals surface area contributed by atoms with Gasteiger partial charge in [0.1, 0.15) is 0 Å². The normalized spacial score (nSPS) is 11.5. The fourth-order valence-electron chi connectivity index (χ4n) is 5.58. The Morgan fingerprint density at radius 1 is 0.325 bits per heavy atom. The van der Waals surface area contributed by atoms with Crippen LogP contribution in [0, 0.1) is 0 Å². The number of hydrogen-bond acceptors (Lipinski definition) is 3. The topological polar surface area (TPSA) is 38.7 Å². The van der Waals surface area contributed by atoms with Crippen molar-refractivity contribution in [1.29, 1.82) is 0 Å². The van der Waals surface area contributed by atoms with Crippen LogP contribution in [0.4, 0.5) is 0 Å². The van der Waals surface area contributed by atoms with E-state index in [1.165, 1.54) is 21.5 Å². The largest absolute Gasteiger partial charge is 0.265 e. The molecular weight excluding hydrogens is 486 g/mol. The van der Waals surface area contributed by atoms with Gasteiger partial charge in [0.05, 0.1) is 22.4 Å². The van der Waals surface area contributed by atoms with Crippen molar-refractivity contribution in [3.63, 3.8) is 0 Å². The average Bonchev–Trinajstić information content (AvgIpc) is 3.02. The van der Waals surface area contributed by atoms with Gasteiger partial charge in [-0.2, -0.15) is 0 Å². The van der Waals surface area contributed by atoms with Crippen molar-refractivity contribution >= 4 is 43.4 Å². The van der Waals surface area contributed by atoms with E-state index in [1.54, 1.807) is 0 Å². The van der Waals surface area contributed by atoms with Gasteiger partial charge in [-0.1, -0.05) is 60.7 Å². The van der Waals surface area contributed by atoms with Crippen molar-refractivity contribution in [3.8, 4) is 33.6 Å². The number of benzene rings is 5. The van der Waals surface area contributed by atoms with Crippen molar-refractivity contribution in [2.24, 2.45) is 0 Å². The van der Waals surface area contributed by atoms with Gasteiger partial charge in [-0.15, -0.1) is 0 Å². The van der Waals surface area contributed by atoms with E-state index in [4.69, 9.17) is 9.97 Å². The number of fused-ring (bicyclic) bond motifs is 4. The van der Waals surface area contributed by atoms with Crippen LogP contribution < -0.4 is 0 Å². The van der Waals surface area contributed by atoms with Crippen molar-refractivity contribution in [1.82, 2.24) is 15.0 Å². The highest BCUT2D eigenvalue weighted by Gasteiger charge is 2.11. The molecule has 40 heavy (non-hydrogen) atoms. The highest BCUT2D eigenvalue weighted by molar-refractivity contribution is 5.98. The minimum Gasteiger partial charge on any atom is -0.265 e. The van der Waals surface area contributed by atoms with Crippen LogP contribution in [0.3, 0.4) is 0 Å². The molecule has 0 radical (unpaired) electrons. The number of aromatic nitrogens is 3. The molecule has 0 spiro atoms. The first-order valence-electron chi connectivity index (χ1n) is 13.4. The summed E-state index contributed by atoms with van der Waals surface area (Å²) >= 11 is 0. The lowest BCUT2D eigenvalue weighted by atomic mass is 9.96. The number of hydrogen-bond donors (Lipinski definition) is 0. The highest BCUT2D eigenvalue weighted by atomic mass is 14.7. The molecule has 5 aromatic carbocycles. The van der Waals surface area contributed by atoms with Gasteiger partial charge in [-0.25, -0.2) is 9.97 Å². The lowest BCUT2D eigenvalue weighted by Gasteiger charge is -2.12. The van der Waals surface area contributed by atoms with Crippen LogP contribution >= 0.6 is 0 Å². The first-order valence-corrected chi connectivity index (χ1v) is 13.4. The van der Waals surface area contributed by atoms with Crippen molar-refractivity contribution in [2.75, 3.05) is 0 Å². The third-order valence-electron chi connectivity index (χ3n) is 7.65. The Hall–Kier alpha value is -5.41. The van der Waals surface area contributed by atoms with E-state index < -0.39 is 0 Å². The molecule has 0 aliphatic rings. The van der Waals surface area contributed by atoms with Crippen LogP contribution in [-0.4, -0.2) is 15.0 Å². The molecule has 0 atom stereocenters. The van der Waals surface area contributed by atoms with Gasteiger partial charge >= 0.3 is 0 Å². The third kappa shape index (κ3) is 3.96. The van der Waals surface area contributed by atoms with Gasteiger partial charge < -0.3 is 0 Å². The van der Waals surface area contributed by atoms with Gasteiger partial charge in [0.2, 0.25) is 0 Å². The molecule has 8 rings (SSSR count). The monoisotopic (exact) mass is 509 g/mol. The maximum absolute atomic E-state index is 5.12. The fraction of sp³-hybridized carbons (Fsp3) is 0. The SMILES string of the molecule is c1ccc2cc3nc(-c4cc(-c5ccncc5)cc(-c5ccc6cc7ccccc7cc6n5)c4)ccc3cc2c1. The van der Waals surface area contributed by atoms with Gasteiger partial charge in [0.15, 0.2) is 0 Å². The minimum atomic E-state index is 0.937. The van der Waals surface area contributed by atoms with Gasteiger partial charge in [-0.05, 0) is 99.4 Å². The fourth-order valence-corrected chi connectivity index (χ4v) is 5.58. The van der Waals surface area contributed by atoms with Crippen LogP contribution in [0.2, 0.25) is 0 Å². The Morgan fingerprint density at radius 3 is 1.27 bits per heavy atom. The first kappa shape index (κ1) is 22.6. The van der Waals surface area contributed by atoms with Crippen LogP contribution in [-0.2, 0) is 0 Å². The summed E-state index contributed by atoms with van der Waals surface area (Å²) in [7, 11) is 0.